The summed E-state index contributed by atoms with van der Waals surface area (Å²) in [5, 5.41) is 2.68. The molecule has 1 atom stereocenters. The summed E-state index contributed by atoms with van der Waals surface area (Å²) < 4.78 is 40.4. The fourth-order valence-electron chi connectivity index (χ4n) is 3.39. The number of fused-ring (bicyclic) bond motifs is 1. The molecule has 3 rings (SSSR count). The molecule has 0 saturated heterocycles. The third-order valence-electron chi connectivity index (χ3n) is 5.21. The minimum absolute atomic E-state index is 0.0188. The van der Waals surface area contributed by atoms with E-state index in [1.54, 1.807) is 6.07 Å². The van der Waals surface area contributed by atoms with Crippen LogP contribution in [0, 0.1) is 5.82 Å². The molecule has 0 aromatic heterocycles. The van der Waals surface area contributed by atoms with Crippen molar-refractivity contribution in [2.24, 2.45) is 0 Å². The zero-order valence-electron chi connectivity index (χ0n) is 17.7. The quantitative estimate of drug-likeness (QED) is 0.647. The molecule has 3 amide bonds. The van der Waals surface area contributed by atoms with Crippen LogP contribution in [0.3, 0.4) is 0 Å². The standard InChI is InChI=1S/C22H24FN3O5S/c1-3-12-24-21(28)15(2)25(13-16-8-4-6-10-18(16)23)20(27)14-26-22(29)17-9-5-7-11-19(17)32(26,30)31/h4-11,15H,3,12-14H2,1-2H3,(H,24,28)/t15-/m0/s1. The molecule has 2 aromatic carbocycles. The SMILES string of the molecule is CCCNC(=O)[C@H](C)N(Cc1ccccc1F)C(=O)CN1C(=O)c2ccccc2S1(=O)=O. The number of halogens is 1. The topological polar surface area (TPSA) is 104 Å². The van der Waals surface area contributed by atoms with Gasteiger partial charge in [0.05, 0.1) is 5.56 Å². The monoisotopic (exact) mass is 461 g/mol. The highest BCUT2D eigenvalue weighted by atomic mass is 32.2. The van der Waals surface area contributed by atoms with Crippen molar-refractivity contribution >= 4 is 27.7 Å². The Morgan fingerprint density at radius 1 is 1.12 bits per heavy atom. The van der Waals surface area contributed by atoms with Crippen LogP contribution in [0.15, 0.2) is 53.4 Å². The lowest BCUT2D eigenvalue weighted by atomic mass is 10.1. The second-order valence-electron chi connectivity index (χ2n) is 7.39. The number of rotatable bonds is 8. The summed E-state index contributed by atoms with van der Waals surface area (Å²) in [4.78, 5) is 39.3. The number of hydrogen-bond donors (Lipinski definition) is 1. The van der Waals surface area contributed by atoms with Gasteiger partial charge in [-0.15, -0.1) is 0 Å². The van der Waals surface area contributed by atoms with Gasteiger partial charge >= 0.3 is 0 Å². The van der Waals surface area contributed by atoms with Gasteiger partial charge < -0.3 is 10.2 Å². The van der Waals surface area contributed by atoms with E-state index in [4.69, 9.17) is 0 Å². The summed E-state index contributed by atoms with van der Waals surface area (Å²) in [7, 11) is -4.20. The number of nitrogens with one attached hydrogen (secondary N) is 1. The molecule has 0 bridgehead atoms. The summed E-state index contributed by atoms with van der Waals surface area (Å²) in [6.07, 6.45) is 0.679. The molecule has 0 fully saturated rings. The van der Waals surface area contributed by atoms with Crippen molar-refractivity contribution in [3.05, 3.63) is 65.5 Å². The molecule has 1 aliphatic heterocycles. The highest BCUT2D eigenvalue weighted by molar-refractivity contribution is 7.90. The highest BCUT2D eigenvalue weighted by Gasteiger charge is 2.43. The van der Waals surface area contributed by atoms with Gasteiger partial charge in [0.15, 0.2) is 0 Å². The lowest BCUT2D eigenvalue weighted by molar-refractivity contribution is -0.140. The van der Waals surface area contributed by atoms with Crippen LogP contribution in [0.25, 0.3) is 0 Å². The van der Waals surface area contributed by atoms with Crippen LogP contribution in [0.2, 0.25) is 0 Å². The van der Waals surface area contributed by atoms with E-state index in [9.17, 15) is 27.2 Å². The van der Waals surface area contributed by atoms with E-state index in [0.717, 1.165) is 4.90 Å². The van der Waals surface area contributed by atoms with Crippen LogP contribution in [-0.2, 0) is 26.2 Å². The molecular formula is C22H24FN3O5S. The molecule has 32 heavy (non-hydrogen) atoms. The third-order valence-corrected chi connectivity index (χ3v) is 6.99. The van der Waals surface area contributed by atoms with Gasteiger partial charge in [0, 0.05) is 18.7 Å². The molecule has 0 saturated carbocycles. The molecule has 0 unspecified atom stereocenters. The van der Waals surface area contributed by atoms with E-state index in [-0.39, 0.29) is 22.6 Å². The zero-order chi connectivity index (χ0) is 23.5. The van der Waals surface area contributed by atoms with E-state index in [1.807, 2.05) is 6.92 Å². The van der Waals surface area contributed by atoms with E-state index < -0.39 is 46.1 Å². The number of amides is 3. The number of sulfonamides is 1. The van der Waals surface area contributed by atoms with Crippen LogP contribution >= 0.6 is 0 Å². The van der Waals surface area contributed by atoms with Gasteiger partial charge in [0.2, 0.25) is 11.8 Å². The normalized spacial score (nSPS) is 15.2. The summed E-state index contributed by atoms with van der Waals surface area (Å²) in [6.45, 7) is 2.67. The lowest BCUT2D eigenvalue weighted by Gasteiger charge is -2.30. The molecule has 8 nitrogen and oxygen atoms in total. The Morgan fingerprint density at radius 2 is 1.78 bits per heavy atom. The molecular weight excluding hydrogens is 437 g/mol. The van der Waals surface area contributed by atoms with Crippen molar-refractivity contribution in [1.82, 2.24) is 14.5 Å². The summed E-state index contributed by atoms with van der Waals surface area (Å²) in [5.74, 6) is -2.64. The van der Waals surface area contributed by atoms with E-state index >= 15 is 0 Å². The zero-order valence-corrected chi connectivity index (χ0v) is 18.6. The van der Waals surface area contributed by atoms with Gasteiger partial charge in [-0.25, -0.2) is 17.1 Å². The van der Waals surface area contributed by atoms with E-state index in [1.165, 1.54) is 49.4 Å². The van der Waals surface area contributed by atoms with Crippen LogP contribution in [0.4, 0.5) is 4.39 Å². The first-order valence-electron chi connectivity index (χ1n) is 10.1. The Kier molecular flexibility index (Phi) is 6.93. The molecule has 1 aliphatic rings. The van der Waals surface area contributed by atoms with E-state index in [2.05, 4.69) is 5.32 Å². The molecule has 2 aromatic rings. The van der Waals surface area contributed by atoms with Crippen molar-refractivity contribution in [2.75, 3.05) is 13.1 Å². The predicted octanol–water partition coefficient (Wildman–Crippen LogP) is 1.91. The lowest BCUT2D eigenvalue weighted by Crippen LogP contribution is -2.51. The second kappa shape index (κ2) is 9.47. The highest BCUT2D eigenvalue weighted by Crippen LogP contribution is 2.30. The number of nitrogens with zero attached hydrogens (tertiary/aromatic N) is 2. The number of benzene rings is 2. The maximum absolute atomic E-state index is 14.3. The van der Waals surface area contributed by atoms with Gasteiger partial charge in [-0.1, -0.05) is 37.3 Å². The molecule has 0 spiro atoms. The van der Waals surface area contributed by atoms with Gasteiger partial charge in [-0.2, -0.15) is 0 Å². The van der Waals surface area contributed by atoms with Crippen LogP contribution in [0.1, 0.15) is 36.2 Å². The summed E-state index contributed by atoms with van der Waals surface area (Å²) in [6, 6.07) is 10.5. The van der Waals surface area contributed by atoms with Crippen molar-refractivity contribution in [2.45, 2.75) is 37.8 Å². The Labute approximate surface area is 186 Å². The minimum atomic E-state index is -4.20. The van der Waals surface area contributed by atoms with Crippen molar-refractivity contribution in [3.8, 4) is 0 Å². The van der Waals surface area contributed by atoms with Crippen molar-refractivity contribution in [3.63, 3.8) is 0 Å². The maximum Gasteiger partial charge on any atom is 0.269 e. The summed E-state index contributed by atoms with van der Waals surface area (Å²) in [5.41, 5.74) is 0.143. The molecule has 1 heterocycles. The average molecular weight is 462 g/mol. The van der Waals surface area contributed by atoms with Crippen molar-refractivity contribution in [1.29, 1.82) is 0 Å². The Bertz CT molecular complexity index is 1150. The fraction of sp³-hybridized carbons (Fsp3) is 0.318. The van der Waals surface area contributed by atoms with Gasteiger partial charge in [0.1, 0.15) is 23.3 Å². The molecule has 0 aliphatic carbocycles. The Morgan fingerprint density at radius 3 is 2.44 bits per heavy atom. The third kappa shape index (κ3) is 4.50. The Balaban J connectivity index is 1.89. The maximum atomic E-state index is 14.3. The van der Waals surface area contributed by atoms with Crippen LogP contribution in [-0.4, -0.2) is 54.5 Å². The van der Waals surface area contributed by atoms with Gasteiger partial charge in [0.25, 0.3) is 15.9 Å². The molecule has 1 N–H and O–H groups in total. The minimum Gasteiger partial charge on any atom is -0.354 e. The van der Waals surface area contributed by atoms with E-state index in [0.29, 0.717) is 17.3 Å². The van der Waals surface area contributed by atoms with Crippen LogP contribution < -0.4 is 5.32 Å². The van der Waals surface area contributed by atoms with Crippen LogP contribution in [0.5, 0.6) is 0 Å². The Hall–Kier alpha value is -3.27. The number of hydrogen-bond acceptors (Lipinski definition) is 5. The molecule has 170 valence electrons. The fourth-order valence-corrected chi connectivity index (χ4v) is 4.91. The van der Waals surface area contributed by atoms with Crippen molar-refractivity contribution < 1.29 is 27.2 Å². The number of carbonyl (C=O) groups is 3. The first-order valence-corrected chi connectivity index (χ1v) is 11.6. The average Bonchev–Trinajstić information content (AvgIpc) is 2.97. The summed E-state index contributed by atoms with van der Waals surface area (Å²) >= 11 is 0. The predicted molar refractivity (Wildman–Crippen MR) is 114 cm³/mol. The van der Waals surface area contributed by atoms with Gasteiger partial charge in [-0.05, 0) is 31.5 Å². The smallest absolute Gasteiger partial charge is 0.269 e. The molecule has 10 heteroatoms. The van der Waals surface area contributed by atoms with Gasteiger partial charge in [-0.3, -0.25) is 14.4 Å². The molecule has 0 radical (unpaired) electrons. The largest absolute Gasteiger partial charge is 0.354 e. The first-order chi connectivity index (χ1) is 15.2. The second-order valence-corrected chi connectivity index (χ2v) is 9.22. The first kappa shape index (κ1) is 23.4. The number of carbonyl (C=O) groups excluding carboxylic acids is 3.